The molecule has 0 saturated heterocycles. The zero-order valence-electron chi connectivity index (χ0n) is 13.6. The maximum atomic E-state index is 5.70. The van der Waals surface area contributed by atoms with Gasteiger partial charge in [0.15, 0.2) is 0 Å². The highest BCUT2D eigenvalue weighted by atomic mass is 16.5. The molecule has 1 aromatic heterocycles. The van der Waals surface area contributed by atoms with Gasteiger partial charge in [-0.3, -0.25) is 0 Å². The Morgan fingerprint density at radius 1 is 1.14 bits per heavy atom. The topological polar surface area (TPSA) is 52.6 Å². The van der Waals surface area contributed by atoms with Crippen LogP contribution >= 0.6 is 0 Å². The molecule has 0 aromatic carbocycles. The molecule has 0 aliphatic rings. The molecule has 0 bridgehead atoms. The lowest BCUT2D eigenvalue weighted by molar-refractivity contribution is 0.0795. The quantitative estimate of drug-likeness (QED) is 0.635. The Bertz CT molecular complexity index is 397. The molecule has 1 aromatic rings. The lowest BCUT2D eigenvalue weighted by Crippen LogP contribution is -2.11. The molecule has 0 unspecified atom stereocenters. The maximum Gasteiger partial charge on any atom is 0.213 e. The molecule has 1 rings (SSSR count). The van der Waals surface area contributed by atoms with Crippen LogP contribution in [0.3, 0.4) is 0 Å². The first-order chi connectivity index (χ1) is 10.2. The van der Waals surface area contributed by atoms with Crippen molar-refractivity contribution in [1.29, 1.82) is 0 Å². The Hall–Kier alpha value is -1.17. The molecule has 0 atom stereocenters. The van der Waals surface area contributed by atoms with Crippen molar-refractivity contribution in [3.05, 3.63) is 23.4 Å². The summed E-state index contributed by atoms with van der Waals surface area (Å²) in [5.74, 6) is 1.06. The van der Waals surface area contributed by atoms with Crippen LogP contribution < -0.4 is 10.1 Å². The number of hydrogen-bond acceptors (Lipinski definition) is 5. The van der Waals surface area contributed by atoms with Crippen molar-refractivity contribution in [3.63, 3.8) is 0 Å². The first-order valence-corrected chi connectivity index (χ1v) is 7.52. The Labute approximate surface area is 128 Å². The van der Waals surface area contributed by atoms with Crippen molar-refractivity contribution < 1.29 is 14.2 Å². The van der Waals surface area contributed by atoms with Crippen molar-refractivity contribution >= 4 is 0 Å². The summed E-state index contributed by atoms with van der Waals surface area (Å²) in [6, 6.07) is 4.10. The van der Waals surface area contributed by atoms with Crippen molar-refractivity contribution in [2.45, 2.75) is 32.7 Å². The fourth-order valence-electron chi connectivity index (χ4n) is 1.87. The summed E-state index contributed by atoms with van der Waals surface area (Å²) in [6.07, 6.45) is 0.907. The molecule has 0 saturated carbocycles. The minimum absolute atomic E-state index is 0.384. The first-order valence-electron chi connectivity index (χ1n) is 7.52. The molecule has 120 valence electrons. The van der Waals surface area contributed by atoms with E-state index >= 15 is 0 Å². The number of pyridine rings is 1. The summed E-state index contributed by atoms with van der Waals surface area (Å²) < 4.78 is 16.1. The lowest BCUT2D eigenvalue weighted by Gasteiger charge is -2.12. The van der Waals surface area contributed by atoms with Crippen LogP contribution in [-0.4, -0.2) is 45.6 Å². The van der Waals surface area contributed by atoms with E-state index in [4.69, 9.17) is 14.2 Å². The molecule has 0 amide bonds. The SMILES string of the molecule is CNCc1cc(OCCOCCCOC)nc(C(C)C)c1. The van der Waals surface area contributed by atoms with Gasteiger partial charge >= 0.3 is 0 Å². The van der Waals surface area contributed by atoms with Gasteiger partial charge in [-0.05, 0) is 31.0 Å². The second-order valence-corrected chi connectivity index (χ2v) is 5.23. The Kier molecular flexibility index (Phi) is 8.98. The molecule has 1 heterocycles. The molecule has 0 fully saturated rings. The molecule has 5 nitrogen and oxygen atoms in total. The van der Waals surface area contributed by atoms with Crippen LogP contribution in [0.15, 0.2) is 12.1 Å². The fourth-order valence-corrected chi connectivity index (χ4v) is 1.87. The predicted octanol–water partition coefficient (Wildman–Crippen LogP) is 2.36. The summed E-state index contributed by atoms with van der Waals surface area (Å²) in [7, 11) is 3.63. The van der Waals surface area contributed by atoms with Crippen molar-refractivity contribution in [2.24, 2.45) is 0 Å². The van der Waals surface area contributed by atoms with Crippen LogP contribution in [-0.2, 0) is 16.0 Å². The second kappa shape index (κ2) is 10.5. The van der Waals surface area contributed by atoms with E-state index in [-0.39, 0.29) is 0 Å². The molecule has 0 radical (unpaired) electrons. The van der Waals surface area contributed by atoms with E-state index in [1.807, 2.05) is 13.1 Å². The monoisotopic (exact) mass is 296 g/mol. The van der Waals surface area contributed by atoms with Crippen molar-refractivity contribution in [2.75, 3.05) is 40.6 Å². The molecule has 0 spiro atoms. The van der Waals surface area contributed by atoms with Gasteiger partial charge in [0.25, 0.3) is 0 Å². The zero-order chi connectivity index (χ0) is 15.5. The average molecular weight is 296 g/mol. The number of aromatic nitrogens is 1. The summed E-state index contributed by atoms with van der Waals surface area (Å²) in [5, 5.41) is 3.15. The van der Waals surface area contributed by atoms with Gasteiger partial charge in [0.2, 0.25) is 5.88 Å². The number of ether oxygens (including phenoxy) is 3. The van der Waals surface area contributed by atoms with Gasteiger partial charge < -0.3 is 19.5 Å². The van der Waals surface area contributed by atoms with Gasteiger partial charge in [-0.15, -0.1) is 0 Å². The average Bonchev–Trinajstić information content (AvgIpc) is 2.46. The van der Waals surface area contributed by atoms with Crippen LogP contribution in [0, 0.1) is 0 Å². The Morgan fingerprint density at radius 2 is 1.95 bits per heavy atom. The fraction of sp³-hybridized carbons (Fsp3) is 0.688. The smallest absolute Gasteiger partial charge is 0.213 e. The number of hydrogen-bond donors (Lipinski definition) is 1. The van der Waals surface area contributed by atoms with Gasteiger partial charge in [0, 0.05) is 38.6 Å². The predicted molar refractivity (Wildman–Crippen MR) is 83.9 cm³/mol. The summed E-state index contributed by atoms with van der Waals surface area (Å²) in [4.78, 5) is 4.54. The third-order valence-corrected chi connectivity index (χ3v) is 2.97. The van der Waals surface area contributed by atoms with Crippen LogP contribution in [0.1, 0.15) is 37.4 Å². The molecule has 1 N–H and O–H groups in total. The van der Waals surface area contributed by atoms with Crippen LogP contribution in [0.2, 0.25) is 0 Å². The Balaban J connectivity index is 2.42. The number of methoxy groups -OCH3 is 1. The van der Waals surface area contributed by atoms with Crippen molar-refractivity contribution in [3.8, 4) is 5.88 Å². The number of rotatable bonds is 11. The van der Waals surface area contributed by atoms with E-state index in [0.717, 1.165) is 25.3 Å². The summed E-state index contributed by atoms with van der Waals surface area (Å²) in [6.45, 7) is 7.58. The summed E-state index contributed by atoms with van der Waals surface area (Å²) >= 11 is 0. The van der Waals surface area contributed by atoms with E-state index in [1.165, 1.54) is 5.56 Å². The minimum Gasteiger partial charge on any atom is -0.475 e. The molecule has 0 aliphatic heterocycles. The van der Waals surface area contributed by atoms with Gasteiger partial charge in [0.1, 0.15) is 6.61 Å². The van der Waals surface area contributed by atoms with Crippen LogP contribution in [0.5, 0.6) is 5.88 Å². The summed E-state index contributed by atoms with van der Waals surface area (Å²) in [5.41, 5.74) is 2.24. The largest absolute Gasteiger partial charge is 0.475 e. The normalized spacial score (nSPS) is 11.1. The highest BCUT2D eigenvalue weighted by molar-refractivity contribution is 5.26. The van der Waals surface area contributed by atoms with Crippen LogP contribution in [0.25, 0.3) is 0 Å². The van der Waals surface area contributed by atoms with Gasteiger partial charge in [-0.2, -0.15) is 0 Å². The number of nitrogens with zero attached hydrogens (tertiary/aromatic N) is 1. The molecule has 21 heavy (non-hydrogen) atoms. The lowest BCUT2D eigenvalue weighted by atomic mass is 10.1. The Morgan fingerprint density at radius 3 is 2.62 bits per heavy atom. The maximum absolute atomic E-state index is 5.70. The molecule has 5 heteroatoms. The van der Waals surface area contributed by atoms with E-state index in [2.05, 4.69) is 30.2 Å². The second-order valence-electron chi connectivity index (χ2n) is 5.23. The standard InChI is InChI=1S/C16H28N2O3/c1-13(2)15-10-14(12-17-3)11-16(18-15)21-9-8-20-7-5-6-19-4/h10-11,13,17H,5-9,12H2,1-4H3. The van der Waals surface area contributed by atoms with Gasteiger partial charge in [-0.25, -0.2) is 4.98 Å². The highest BCUT2D eigenvalue weighted by Crippen LogP contribution is 2.19. The van der Waals surface area contributed by atoms with Crippen molar-refractivity contribution in [1.82, 2.24) is 10.3 Å². The minimum atomic E-state index is 0.384. The third kappa shape index (κ3) is 7.41. The van der Waals surface area contributed by atoms with E-state index < -0.39 is 0 Å². The van der Waals surface area contributed by atoms with E-state index in [1.54, 1.807) is 7.11 Å². The molecular formula is C16H28N2O3. The van der Waals surface area contributed by atoms with Gasteiger partial charge in [-0.1, -0.05) is 13.8 Å². The van der Waals surface area contributed by atoms with E-state index in [0.29, 0.717) is 31.6 Å². The third-order valence-electron chi connectivity index (χ3n) is 2.97. The number of nitrogens with one attached hydrogen (secondary N) is 1. The van der Waals surface area contributed by atoms with Gasteiger partial charge in [0.05, 0.1) is 6.61 Å². The van der Waals surface area contributed by atoms with Crippen LogP contribution in [0.4, 0.5) is 0 Å². The zero-order valence-corrected chi connectivity index (χ0v) is 13.6. The highest BCUT2D eigenvalue weighted by Gasteiger charge is 2.07. The van der Waals surface area contributed by atoms with E-state index in [9.17, 15) is 0 Å². The molecular weight excluding hydrogens is 268 g/mol. The molecule has 0 aliphatic carbocycles. The first kappa shape index (κ1) is 17.9.